The summed E-state index contributed by atoms with van der Waals surface area (Å²) in [6, 6.07) is 0. The number of terminal acetylenes is 1. The van der Waals surface area contributed by atoms with Crippen LogP contribution in [-0.2, 0) is 0 Å². The van der Waals surface area contributed by atoms with E-state index in [9.17, 15) is 0 Å². The summed E-state index contributed by atoms with van der Waals surface area (Å²) in [6.45, 7) is 0.466. The summed E-state index contributed by atoms with van der Waals surface area (Å²) >= 11 is 1.13. The lowest BCUT2D eigenvalue weighted by molar-refractivity contribution is 0.0707. The van der Waals surface area contributed by atoms with Crippen molar-refractivity contribution < 1.29 is 9.47 Å². The number of rotatable bonds is 5. The summed E-state index contributed by atoms with van der Waals surface area (Å²) in [4.78, 5) is 0. The molecule has 1 aromatic heterocycles. The van der Waals surface area contributed by atoms with Crippen LogP contribution in [0.25, 0.3) is 0 Å². The van der Waals surface area contributed by atoms with Crippen LogP contribution in [0.15, 0.2) is 0 Å². The molecule has 2 fully saturated rings. The minimum absolute atomic E-state index is 0. The van der Waals surface area contributed by atoms with Gasteiger partial charge >= 0.3 is 0 Å². The predicted molar refractivity (Wildman–Crippen MR) is 76.0 cm³/mol. The first-order chi connectivity index (χ1) is 8.81. The van der Waals surface area contributed by atoms with E-state index < -0.39 is 0 Å². The summed E-state index contributed by atoms with van der Waals surface area (Å²) in [5.41, 5.74) is 0.00461. The third-order valence-corrected chi connectivity index (χ3v) is 4.40. The first-order valence-electron chi connectivity index (χ1n) is 6.39. The van der Waals surface area contributed by atoms with Crippen molar-refractivity contribution in [2.24, 2.45) is 5.92 Å². The van der Waals surface area contributed by atoms with Gasteiger partial charge in [-0.3, -0.25) is 0 Å². The van der Waals surface area contributed by atoms with E-state index in [0.717, 1.165) is 36.9 Å². The molecule has 6 heteroatoms. The Balaban J connectivity index is 0.00000133. The van der Waals surface area contributed by atoms with Crippen molar-refractivity contribution >= 4 is 24.1 Å². The molecule has 2 saturated carbocycles. The van der Waals surface area contributed by atoms with Crippen molar-refractivity contribution in [2.75, 3.05) is 6.61 Å². The molecule has 2 bridgehead atoms. The minimum atomic E-state index is 0. The molecule has 0 saturated heterocycles. The number of aromatic nitrogens is 2. The second-order valence-electron chi connectivity index (χ2n) is 5.11. The van der Waals surface area contributed by atoms with Crippen LogP contribution in [0.2, 0.25) is 0 Å². The number of hydrogen-bond acceptors (Lipinski definition) is 5. The zero-order valence-electron chi connectivity index (χ0n) is 10.6. The van der Waals surface area contributed by atoms with Crippen LogP contribution in [0.1, 0.15) is 38.5 Å². The fourth-order valence-corrected chi connectivity index (χ4v) is 3.45. The molecule has 3 rings (SSSR count). The first-order valence-corrected chi connectivity index (χ1v) is 7.12. The van der Waals surface area contributed by atoms with Crippen LogP contribution in [0, 0.1) is 18.3 Å². The van der Waals surface area contributed by atoms with Gasteiger partial charge in [-0.15, -0.1) is 33.5 Å². The van der Waals surface area contributed by atoms with Crippen molar-refractivity contribution in [3.63, 3.8) is 0 Å². The molecular weight excluding hydrogens is 284 g/mol. The van der Waals surface area contributed by atoms with Gasteiger partial charge in [0.1, 0.15) is 12.2 Å². The van der Waals surface area contributed by atoms with E-state index in [1.54, 1.807) is 0 Å². The molecular formula is C13H17ClN2O2S. The second kappa shape index (κ2) is 5.98. The minimum Gasteiger partial charge on any atom is -0.472 e. The number of hydrogen-bond donors (Lipinski definition) is 0. The quantitative estimate of drug-likeness (QED) is 0.619. The van der Waals surface area contributed by atoms with Crippen LogP contribution < -0.4 is 9.47 Å². The molecule has 0 atom stereocenters. The maximum atomic E-state index is 6.12. The third-order valence-electron chi connectivity index (χ3n) is 3.91. The molecule has 1 heterocycles. The second-order valence-corrected chi connectivity index (χ2v) is 5.64. The fraction of sp³-hybridized carbons (Fsp3) is 0.692. The summed E-state index contributed by atoms with van der Waals surface area (Å²) in [7, 11) is 0. The number of halogens is 1. The molecule has 0 spiro atoms. The topological polar surface area (TPSA) is 44.2 Å². The van der Waals surface area contributed by atoms with Gasteiger partial charge in [-0.2, -0.15) is 0 Å². The Labute approximate surface area is 123 Å². The molecule has 4 nitrogen and oxygen atoms in total. The Hall–Kier alpha value is -0.990. The van der Waals surface area contributed by atoms with Gasteiger partial charge in [-0.05, 0) is 38.0 Å². The van der Waals surface area contributed by atoms with E-state index in [2.05, 4.69) is 14.7 Å². The molecule has 104 valence electrons. The lowest BCUT2D eigenvalue weighted by Gasteiger charge is -2.26. The SMILES string of the molecule is C#CCCOc1nsnc1OC12CCC(CC1)C2.Cl. The molecule has 2 aliphatic rings. The van der Waals surface area contributed by atoms with E-state index in [1.807, 2.05) is 0 Å². The van der Waals surface area contributed by atoms with Crippen LogP contribution in [0.5, 0.6) is 11.8 Å². The van der Waals surface area contributed by atoms with Crippen molar-refractivity contribution in [3.8, 4) is 24.1 Å². The van der Waals surface area contributed by atoms with Gasteiger partial charge in [0.2, 0.25) is 0 Å². The molecule has 0 unspecified atom stereocenters. The van der Waals surface area contributed by atoms with E-state index in [0.29, 0.717) is 24.8 Å². The van der Waals surface area contributed by atoms with Crippen LogP contribution in [-0.4, -0.2) is 21.0 Å². The molecule has 0 amide bonds. The Morgan fingerprint density at radius 2 is 2.05 bits per heavy atom. The van der Waals surface area contributed by atoms with Crippen molar-refractivity contribution in [3.05, 3.63) is 0 Å². The van der Waals surface area contributed by atoms with Crippen LogP contribution in [0.3, 0.4) is 0 Å². The summed E-state index contributed by atoms with van der Waals surface area (Å²) in [5.74, 6) is 4.44. The standard InChI is InChI=1S/C13H16N2O2S.ClH/c1-2-3-8-16-11-12(15-18-14-11)17-13-6-4-10(9-13)5-7-13;/h1,10H,3-9H2;1H. The van der Waals surface area contributed by atoms with Crippen molar-refractivity contribution in [1.82, 2.24) is 8.75 Å². The van der Waals surface area contributed by atoms with Gasteiger partial charge in [-0.1, -0.05) is 0 Å². The molecule has 1 aromatic rings. The highest BCUT2D eigenvalue weighted by atomic mass is 35.5. The average Bonchev–Trinajstić information content (AvgIpc) is 3.06. The van der Waals surface area contributed by atoms with Gasteiger partial charge < -0.3 is 9.47 Å². The molecule has 19 heavy (non-hydrogen) atoms. The van der Waals surface area contributed by atoms with Gasteiger partial charge in [-0.25, -0.2) is 0 Å². The largest absolute Gasteiger partial charge is 0.472 e. The maximum absolute atomic E-state index is 6.12. The molecule has 0 aliphatic heterocycles. The Kier molecular flexibility index (Phi) is 4.54. The monoisotopic (exact) mass is 300 g/mol. The first kappa shape index (κ1) is 14.4. The lowest BCUT2D eigenvalue weighted by atomic mass is 9.97. The van der Waals surface area contributed by atoms with Crippen molar-refractivity contribution in [1.29, 1.82) is 0 Å². The van der Waals surface area contributed by atoms with Crippen molar-refractivity contribution in [2.45, 2.75) is 44.1 Å². The van der Waals surface area contributed by atoms with Crippen LogP contribution in [0.4, 0.5) is 0 Å². The average molecular weight is 301 g/mol. The Morgan fingerprint density at radius 1 is 1.32 bits per heavy atom. The zero-order chi connectivity index (χ0) is 12.4. The van der Waals surface area contributed by atoms with Gasteiger partial charge in [0.05, 0.1) is 11.7 Å². The highest BCUT2D eigenvalue weighted by Crippen LogP contribution is 2.50. The van der Waals surface area contributed by atoms with Gasteiger partial charge in [0, 0.05) is 6.42 Å². The number of nitrogens with zero attached hydrogens (tertiary/aromatic N) is 2. The zero-order valence-corrected chi connectivity index (χ0v) is 12.3. The third kappa shape index (κ3) is 2.96. The van der Waals surface area contributed by atoms with E-state index in [1.165, 1.54) is 12.8 Å². The Morgan fingerprint density at radius 3 is 2.68 bits per heavy atom. The summed E-state index contributed by atoms with van der Waals surface area (Å²) < 4.78 is 19.9. The fourth-order valence-electron chi connectivity index (χ4n) is 3.02. The van der Waals surface area contributed by atoms with Gasteiger partial charge in [0.25, 0.3) is 11.8 Å². The molecule has 0 radical (unpaired) electrons. The Bertz CT molecular complexity index is 463. The van der Waals surface area contributed by atoms with E-state index in [-0.39, 0.29) is 18.0 Å². The number of fused-ring (bicyclic) bond motifs is 2. The normalized spacial score (nSPS) is 27.6. The maximum Gasteiger partial charge on any atom is 0.291 e. The summed E-state index contributed by atoms with van der Waals surface area (Å²) in [5, 5.41) is 0. The van der Waals surface area contributed by atoms with Gasteiger partial charge in [0.15, 0.2) is 0 Å². The highest BCUT2D eigenvalue weighted by Gasteiger charge is 2.47. The smallest absolute Gasteiger partial charge is 0.291 e. The van der Waals surface area contributed by atoms with E-state index in [4.69, 9.17) is 15.9 Å². The lowest BCUT2D eigenvalue weighted by Crippen LogP contribution is -2.30. The predicted octanol–water partition coefficient (Wildman–Crippen LogP) is 3.07. The summed E-state index contributed by atoms with van der Waals surface area (Å²) in [6.07, 6.45) is 11.8. The highest BCUT2D eigenvalue weighted by molar-refractivity contribution is 6.99. The molecule has 0 N–H and O–H groups in total. The number of ether oxygens (including phenoxy) is 2. The van der Waals surface area contributed by atoms with Crippen LogP contribution >= 0.6 is 24.1 Å². The van der Waals surface area contributed by atoms with E-state index >= 15 is 0 Å². The molecule has 2 aliphatic carbocycles. The molecule has 0 aromatic carbocycles.